The van der Waals surface area contributed by atoms with E-state index in [-0.39, 0.29) is 5.41 Å². The number of benzene rings is 9. The number of hydrogen-bond donors (Lipinski definition) is 0. The molecule has 3 heterocycles. The summed E-state index contributed by atoms with van der Waals surface area (Å²) in [4.78, 5) is 18.3. The van der Waals surface area contributed by atoms with Crippen LogP contribution in [0.5, 0.6) is 0 Å². The van der Waals surface area contributed by atoms with E-state index in [9.17, 15) is 0 Å². The molecule has 1 aliphatic heterocycles. The molecule has 1 aliphatic carbocycles. The number of aromatic nitrogens is 4. The number of rotatable bonds is 5. The second kappa shape index (κ2) is 14.8. The summed E-state index contributed by atoms with van der Waals surface area (Å²) in [5.74, 6) is 1.88. The topological polar surface area (TPSA) is 43.6 Å². The number of fused-ring (bicyclic) bond motifs is 11. The van der Waals surface area contributed by atoms with Crippen LogP contribution >= 0.6 is 11.8 Å². The average Bonchev–Trinajstić information content (AvgIpc) is 3.72. The van der Waals surface area contributed by atoms with E-state index in [0.717, 1.165) is 33.5 Å². The molecule has 1 spiro atoms. The van der Waals surface area contributed by atoms with Gasteiger partial charge in [0.15, 0.2) is 17.5 Å². The Labute approximate surface area is 388 Å². The molecule has 66 heavy (non-hydrogen) atoms. The Kier molecular flexibility index (Phi) is 8.68. The lowest BCUT2D eigenvalue weighted by Crippen LogP contribution is -2.43. The lowest BCUT2D eigenvalue weighted by molar-refractivity contribution is 0.549. The highest BCUT2D eigenvalue weighted by atomic mass is 32.2. The van der Waals surface area contributed by atoms with E-state index < -0.39 is 5.41 Å². The zero-order chi connectivity index (χ0) is 44.0. The van der Waals surface area contributed by atoms with Gasteiger partial charge in [0.2, 0.25) is 0 Å². The van der Waals surface area contributed by atoms with Gasteiger partial charge in [-0.1, -0.05) is 202 Å². The molecular weight excluding hydrogens is 821 g/mol. The predicted octanol–water partition coefficient (Wildman–Crippen LogP) is 15.1. The summed E-state index contributed by atoms with van der Waals surface area (Å²) in [5.41, 5.74) is 15.8. The number of para-hydroxylation sites is 2. The summed E-state index contributed by atoms with van der Waals surface area (Å²) in [7, 11) is 0. The van der Waals surface area contributed by atoms with Gasteiger partial charge in [-0.2, -0.15) is 0 Å². The van der Waals surface area contributed by atoms with Gasteiger partial charge in [-0.3, -0.25) is 0 Å². The van der Waals surface area contributed by atoms with E-state index in [1.807, 2.05) is 30.0 Å². The molecule has 5 heteroatoms. The second-order valence-electron chi connectivity index (χ2n) is 17.9. The monoisotopic (exact) mass is 862 g/mol. The third kappa shape index (κ3) is 5.63. The van der Waals surface area contributed by atoms with Gasteiger partial charge in [0.05, 0.1) is 16.4 Å². The highest BCUT2D eigenvalue weighted by Crippen LogP contribution is 2.62. The van der Waals surface area contributed by atoms with Gasteiger partial charge in [-0.15, -0.1) is 0 Å². The molecule has 0 saturated carbocycles. The Morgan fingerprint density at radius 2 is 0.833 bits per heavy atom. The van der Waals surface area contributed by atoms with Gasteiger partial charge in [-0.05, 0) is 87.0 Å². The Morgan fingerprint density at radius 3 is 1.48 bits per heavy atom. The van der Waals surface area contributed by atoms with Gasteiger partial charge < -0.3 is 4.57 Å². The third-order valence-corrected chi connectivity index (χ3v) is 15.2. The van der Waals surface area contributed by atoms with E-state index in [0.29, 0.717) is 17.5 Å². The largest absolute Gasteiger partial charge is 0.309 e. The van der Waals surface area contributed by atoms with Crippen LogP contribution in [-0.4, -0.2) is 19.5 Å². The van der Waals surface area contributed by atoms with Crippen LogP contribution in [0, 0.1) is 0 Å². The Bertz CT molecular complexity index is 3610. The molecule has 0 unspecified atom stereocenters. The summed E-state index contributed by atoms with van der Waals surface area (Å²) in [6.45, 7) is 4.75. The Hall–Kier alpha value is -7.86. The van der Waals surface area contributed by atoms with Crippen molar-refractivity contribution in [3.8, 4) is 51.0 Å². The van der Waals surface area contributed by atoms with Gasteiger partial charge >= 0.3 is 0 Å². The minimum Gasteiger partial charge on any atom is -0.309 e. The lowest BCUT2D eigenvalue weighted by Gasteiger charge is -2.50. The molecule has 0 N–H and O–H groups in total. The number of hydrogen-bond acceptors (Lipinski definition) is 4. The summed E-state index contributed by atoms with van der Waals surface area (Å²) in [6.07, 6.45) is 0. The molecule has 0 fully saturated rings. The van der Waals surface area contributed by atoms with Crippen LogP contribution in [0.3, 0.4) is 0 Å². The SMILES string of the molecule is CC1(C)c2ccccc2C2(c3ccccc3Sc3c(-c4ccccc4-c4nc(-c5ccccc5)nc(-c5ccc(-n6c7ccccc7c7ccccc76)cc5)n4)cccc32)c2ccccc21. The molecule has 0 saturated heterocycles. The van der Waals surface area contributed by atoms with Gasteiger partial charge in [0.1, 0.15) is 0 Å². The van der Waals surface area contributed by atoms with Crippen molar-refractivity contribution < 1.29 is 0 Å². The van der Waals surface area contributed by atoms with Crippen molar-refractivity contribution in [3.05, 3.63) is 252 Å². The minimum atomic E-state index is -0.531. The van der Waals surface area contributed by atoms with Crippen LogP contribution in [0.4, 0.5) is 0 Å². The van der Waals surface area contributed by atoms with Crippen LogP contribution in [0.2, 0.25) is 0 Å². The number of nitrogens with zero attached hydrogens (tertiary/aromatic N) is 4. The fraction of sp³-hybridized carbons (Fsp3) is 0.0656. The van der Waals surface area contributed by atoms with Crippen molar-refractivity contribution in [2.24, 2.45) is 0 Å². The van der Waals surface area contributed by atoms with Crippen molar-refractivity contribution in [2.45, 2.75) is 34.5 Å². The fourth-order valence-electron chi connectivity index (χ4n) is 11.1. The average molecular weight is 863 g/mol. The Balaban J connectivity index is 1.00. The first-order valence-corrected chi connectivity index (χ1v) is 23.4. The highest BCUT2D eigenvalue weighted by molar-refractivity contribution is 7.99. The summed E-state index contributed by atoms with van der Waals surface area (Å²) < 4.78 is 2.34. The van der Waals surface area contributed by atoms with Crippen molar-refractivity contribution in [2.75, 3.05) is 0 Å². The van der Waals surface area contributed by atoms with E-state index in [4.69, 9.17) is 15.0 Å². The standard InChI is InChI=1S/C61H42N4S/c1-60(2)47-26-10-12-28-49(47)61(50-29-13-11-27-48(50)60)51-30-14-17-34-55(51)66-56-45(25-18-31-52(56)61)42-21-6-7-24-46(42)59-63-57(39-19-4-3-5-20-39)62-58(64-59)40-35-37-41(38-36-40)65-53-32-15-8-22-43(53)44-23-9-16-33-54(44)65/h3-38H,1-2H3. The minimum absolute atomic E-state index is 0.180. The predicted molar refractivity (Wildman–Crippen MR) is 270 cm³/mol. The molecule has 0 amide bonds. The normalized spacial score (nSPS) is 14.1. The maximum atomic E-state index is 5.35. The van der Waals surface area contributed by atoms with Crippen molar-refractivity contribution in [3.63, 3.8) is 0 Å². The van der Waals surface area contributed by atoms with E-state index in [1.54, 1.807) is 0 Å². The smallest absolute Gasteiger partial charge is 0.164 e. The van der Waals surface area contributed by atoms with Crippen LogP contribution < -0.4 is 0 Å². The first-order chi connectivity index (χ1) is 32.5. The summed E-state index contributed by atoms with van der Waals surface area (Å²) in [6, 6.07) is 78.9. The van der Waals surface area contributed by atoms with Crippen LogP contribution in [0.15, 0.2) is 228 Å². The van der Waals surface area contributed by atoms with Crippen molar-refractivity contribution >= 4 is 33.6 Å². The zero-order valence-electron chi connectivity index (χ0n) is 36.5. The quantitative estimate of drug-likeness (QED) is 0.173. The first kappa shape index (κ1) is 38.6. The van der Waals surface area contributed by atoms with Gasteiger partial charge in [0, 0.05) is 48.4 Å². The molecule has 4 nitrogen and oxygen atoms in total. The molecule has 9 aromatic carbocycles. The van der Waals surface area contributed by atoms with Crippen molar-refractivity contribution in [1.29, 1.82) is 0 Å². The highest BCUT2D eigenvalue weighted by Gasteiger charge is 2.52. The molecule has 0 bridgehead atoms. The molecule has 312 valence electrons. The van der Waals surface area contributed by atoms with E-state index in [1.165, 1.54) is 65.0 Å². The van der Waals surface area contributed by atoms with E-state index in [2.05, 4.69) is 219 Å². The first-order valence-electron chi connectivity index (χ1n) is 22.6. The summed E-state index contributed by atoms with van der Waals surface area (Å²) >= 11 is 1.87. The van der Waals surface area contributed by atoms with Gasteiger partial charge in [0.25, 0.3) is 0 Å². The Morgan fingerprint density at radius 1 is 0.364 bits per heavy atom. The van der Waals surface area contributed by atoms with Crippen molar-refractivity contribution in [1.82, 2.24) is 19.5 Å². The molecular formula is C61H42N4S. The molecule has 2 aromatic heterocycles. The molecule has 2 aliphatic rings. The maximum Gasteiger partial charge on any atom is 0.164 e. The molecule has 13 rings (SSSR count). The molecule has 11 aromatic rings. The summed E-state index contributed by atoms with van der Waals surface area (Å²) in [5, 5.41) is 2.47. The molecule has 0 atom stereocenters. The van der Waals surface area contributed by atoms with Crippen LogP contribution in [0.1, 0.15) is 47.2 Å². The second-order valence-corrected chi connectivity index (χ2v) is 18.9. The maximum absolute atomic E-state index is 5.35. The van der Waals surface area contributed by atoms with Gasteiger partial charge in [-0.25, -0.2) is 15.0 Å². The fourth-order valence-corrected chi connectivity index (χ4v) is 12.4. The zero-order valence-corrected chi connectivity index (χ0v) is 37.3. The lowest BCUT2D eigenvalue weighted by atomic mass is 9.54. The van der Waals surface area contributed by atoms with Crippen LogP contribution in [0.25, 0.3) is 72.8 Å². The van der Waals surface area contributed by atoms with E-state index >= 15 is 0 Å². The van der Waals surface area contributed by atoms with Crippen LogP contribution in [-0.2, 0) is 10.8 Å². The molecule has 0 radical (unpaired) electrons. The third-order valence-electron chi connectivity index (χ3n) is 14.0.